The second-order valence-corrected chi connectivity index (χ2v) is 9.13. The molecule has 0 saturated heterocycles. The van der Waals surface area contributed by atoms with Crippen molar-refractivity contribution in [3.63, 3.8) is 0 Å². The number of hydrogen-bond donors (Lipinski definition) is 0. The Bertz CT molecular complexity index is 1180. The average molecular weight is 496 g/mol. The molecule has 6 nitrogen and oxygen atoms in total. The molecule has 36 heavy (non-hydrogen) atoms. The van der Waals surface area contributed by atoms with Crippen LogP contribution in [0.15, 0.2) is 53.3 Å². The van der Waals surface area contributed by atoms with Crippen LogP contribution in [-0.4, -0.2) is 40.6 Å². The lowest BCUT2D eigenvalue weighted by molar-refractivity contribution is -0.135. The predicted molar refractivity (Wildman–Crippen MR) is 142 cm³/mol. The molecule has 0 fully saturated rings. The summed E-state index contributed by atoms with van der Waals surface area (Å²) in [4.78, 5) is 33.8. The molecule has 1 unspecified atom stereocenters. The maximum atomic E-state index is 13.7. The summed E-state index contributed by atoms with van der Waals surface area (Å²) in [6.45, 7) is 4.95. The first-order chi connectivity index (χ1) is 17.5. The summed E-state index contributed by atoms with van der Waals surface area (Å²) in [6, 6.07) is 12.5. The number of hydrogen-bond acceptors (Lipinski definition) is 4. The van der Waals surface area contributed by atoms with Gasteiger partial charge >= 0.3 is 0 Å². The maximum absolute atomic E-state index is 13.7. The Morgan fingerprint density at radius 2 is 1.72 bits per heavy atom. The molecular weight excluding hydrogens is 457 g/mol. The Morgan fingerprint density at radius 1 is 1.03 bits per heavy atom. The lowest BCUT2D eigenvalue weighted by atomic mass is 10.1. The second kappa shape index (κ2) is 13.9. The van der Waals surface area contributed by atoms with Gasteiger partial charge in [0.25, 0.3) is 5.56 Å². The van der Waals surface area contributed by atoms with Crippen LogP contribution in [0.3, 0.4) is 0 Å². The highest BCUT2D eigenvalue weighted by Gasteiger charge is 2.28. The molecule has 0 radical (unpaired) electrons. The van der Waals surface area contributed by atoms with Gasteiger partial charge < -0.3 is 9.64 Å². The molecule has 0 spiro atoms. The molecule has 0 bridgehead atoms. The van der Waals surface area contributed by atoms with Gasteiger partial charge in [0.15, 0.2) is 0 Å². The van der Waals surface area contributed by atoms with Crippen molar-refractivity contribution in [2.75, 3.05) is 20.3 Å². The molecule has 0 N–H and O–H groups in total. The third-order valence-electron chi connectivity index (χ3n) is 6.55. The van der Waals surface area contributed by atoms with Gasteiger partial charge in [0.05, 0.1) is 29.2 Å². The Kier molecular flexibility index (Phi) is 10.6. The highest BCUT2D eigenvalue weighted by Crippen LogP contribution is 2.27. The number of carbonyl (C=O) groups is 1. The predicted octanol–water partition coefficient (Wildman–Crippen LogP) is 6.20. The molecule has 0 saturated carbocycles. The van der Waals surface area contributed by atoms with Gasteiger partial charge in [-0.2, -0.15) is 0 Å². The second-order valence-electron chi connectivity index (χ2n) is 9.13. The fourth-order valence-electron chi connectivity index (χ4n) is 4.60. The first kappa shape index (κ1) is 27.5. The van der Waals surface area contributed by atoms with Crippen LogP contribution in [0.5, 0.6) is 0 Å². The molecule has 0 aliphatic heterocycles. The molecule has 3 rings (SSSR count). The van der Waals surface area contributed by atoms with Crippen LogP contribution < -0.4 is 5.56 Å². The molecule has 3 aromatic rings. The van der Waals surface area contributed by atoms with Crippen LogP contribution in [-0.2, 0) is 9.53 Å². The number of halogens is 1. The Labute approximate surface area is 213 Å². The molecule has 194 valence electrons. The van der Waals surface area contributed by atoms with E-state index in [0.29, 0.717) is 48.4 Å². The summed E-state index contributed by atoms with van der Waals surface area (Å²) < 4.78 is 20.5. The van der Waals surface area contributed by atoms with E-state index < -0.39 is 6.04 Å². The van der Waals surface area contributed by atoms with Crippen LogP contribution in [0, 0.1) is 5.82 Å². The normalized spacial score (nSPS) is 12.1. The van der Waals surface area contributed by atoms with Gasteiger partial charge in [-0.3, -0.25) is 14.2 Å². The van der Waals surface area contributed by atoms with Gasteiger partial charge in [-0.1, -0.05) is 58.1 Å². The van der Waals surface area contributed by atoms with Gasteiger partial charge in [-0.05, 0) is 49.2 Å². The molecule has 1 heterocycles. The maximum Gasteiger partial charge on any atom is 0.266 e. The van der Waals surface area contributed by atoms with Crippen molar-refractivity contribution in [1.82, 2.24) is 14.5 Å². The SMILES string of the molecule is CCCCCCCCC(=O)N(CCOC)C(CC)c1nc2ccccc2c(=O)n1-c1ccc(F)cc1. The number of rotatable bonds is 14. The zero-order valence-electron chi connectivity index (χ0n) is 21.7. The number of unbranched alkanes of at least 4 members (excludes halogenated alkanes) is 5. The van der Waals surface area contributed by atoms with Crippen LogP contribution >= 0.6 is 0 Å². The highest BCUT2D eigenvalue weighted by atomic mass is 19.1. The monoisotopic (exact) mass is 495 g/mol. The zero-order chi connectivity index (χ0) is 25.9. The quantitative estimate of drug-likeness (QED) is 0.250. The summed E-state index contributed by atoms with van der Waals surface area (Å²) in [5.41, 5.74) is 0.850. The molecule has 2 aromatic carbocycles. The summed E-state index contributed by atoms with van der Waals surface area (Å²) in [7, 11) is 1.61. The van der Waals surface area contributed by atoms with E-state index in [-0.39, 0.29) is 17.3 Å². The van der Waals surface area contributed by atoms with Gasteiger partial charge in [0, 0.05) is 20.1 Å². The van der Waals surface area contributed by atoms with Crippen LogP contribution in [0.25, 0.3) is 16.6 Å². The van der Waals surface area contributed by atoms with Gasteiger partial charge in [0.2, 0.25) is 5.91 Å². The van der Waals surface area contributed by atoms with Crippen molar-refractivity contribution in [1.29, 1.82) is 0 Å². The third-order valence-corrected chi connectivity index (χ3v) is 6.55. The van der Waals surface area contributed by atoms with Gasteiger partial charge in [-0.15, -0.1) is 0 Å². The van der Waals surface area contributed by atoms with E-state index in [1.807, 2.05) is 13.0 Å². The Hall–Kier alpha value is -3.06. The van der Waals surface area contributed by atoms with Crippen LogP contribution in [0.1, 0.15) is 77.1 Å². The smallest absolute Gasteiger partial charge is 0.266 e. The largest absolute Gasteiger partial charge is 0.383 e. The van der Waals surface area contributed by atoms with Crippen molar-refractivity contribution in [3.8, 4) is 5.69 Å². The summed E-state index contributed by atoms with van der Waals surface area (Å²) in [5, 5.41) is 0.474. The van der Waals surface area contributed by atoms with Crippen molar-refractivity contribution in [3.05, 3.63) is 70.5 Å². The van der Waals surface area contributed by atoms with Crippen molar-refractivity contribution < 1.29 is 13.9 Å². The number of aromatic nitrogens is 2. The van der Waals surface area contributed by atoms with E-state index in [1.54, 1.807) is 42.3 Å². The standard InChI is InChI=1S/C29H38FN3O3/c1-4-6-7-8-9-10-15-27(34)32(20-21-36-3)26(5-2)28-31-25-14-12-11-13-24(25)29(35)33(28)23-18-16-22(30)17-19-23/h11-14,16-19,26H,4-10,15,20-21H2,1-3H3. The summed E-state index contributed by atoms with van der Waals surface area (Å²) >= 11 is 0. The number of fused-ring (bicyclic) bond motifs is 1. The number of nitrogens with zero attached hydrogens (tertiary/aromatic N) is 3. The molecule has 1 aromatic heterocycles. The minimum atomic E-state index is -0.435. The zero-order valence-corrected chi connectivity index (χ0v) is 21.7. The Balaban J connectivity index is 2.02. The number of para-hydroxylation sites is 1. The Morgan fingerprint density at radius 3 is 2.42 bits per heavy atom. The summed E-state index contributed by atoms with van der Waals surface area (Å²) in [5.74, 6) is 0.118. The van der Waals surface area contributed by atoms with Crippen LogP contribution in [0.2, 0.25) is 0 Å². The van der Waals surface area contributed by atoms with Gasteiger partial charge in [0.1, 0.15) is 11.6 Å². The fraction of sp³-hybridized carbons (Fsp3) is 0.483. The lowest BCUT2D eigenvalue weighted by Gasteiger charge is -2.32. The molecule has 1 atom stereocenters. The van der Waals surface area contributed by atoms with E-state index in [2.05, 4.69) is 6.92 Å². The number of amides is 1. The molecule has 0 aliphatic carbocycles. The van der Waals surface area contributed by atoms with Crippen molar-refractivity contribution >= 4 is 16.8 Å². The van der Waals surface area contributed by atoms with Crippen LogP contribution in [0.4, 0.5) is 4.39 Å². The summed E-state index contributed by atoms with van der Waals surface area (Å²) in [6.07, 6.45) is 7.61. The molecule has 0 aliphatic rings. The highest BCUT2D eigenvalue weighted by molar-refractivity contribution is 5.79. The molecule has 1 amide bonds. The molecule has 7 heteroatoms. The van der Waals surface area contributed by atoms with Gasteiger partial charge in [-0.25, -0.2) is 9.37 Å². The topological polar surface area (TPSA) is 64.4 Å². The van der Waals surface area contributed by atoms with E-state index in [4.69, 9.17) is 9.72 Å². The van der Waals surface area contributed by atoms with Crippen molar-refractivity contribution in [2.24, 2.45) is 0 Å². The number of benzene rings is 2. The molecular formula is C29H38FN3O3. The number of carbonyl (C=O) groups excluding carboxylic acids is 1. The number of methoxy groups -OCH3 is 1. The van der Waals surface area contributed by atoms with E-state index >= 15 is 0 Å². The lowest BCUT2D eigenvalue weighted by Crippen LogP contribution is -2.40. The number of ether oxygens (including phenoxy) is 1. The fourth-order valence-corrected chi connectivity index (χ4v) is 4.60. The third kappa shape index (κ3) is 6.78. The van der Waals surface area contributed by atoms with E-state index in [0.717, 1.165) is 19.3 Å². The minimum absolute atomic E-state index is 0.0301. The first-order valence-electron chi connectivity index (χ1n) is 13.1. The van der Waals surface area contributed by atoms with E-state index in [9.17, 15) is 14.0 Å². The first-order valence-corrected chi connectivity index (χ1v) is 13.1. The van der Waals surface area contributed by atoms with E-state index in [1.165, 1.54) is 36.0 Å². The average Bonchev–Trinajstić information content (AvgIpc) is 2.89. The minimum Gasteiger partial charge on any atom is -0.383 e. The van der Waals surface area contributed by atoms with Crippen molar-refractivity contribution in [2.45, 2.75) is 71.3 Å².